The van der Waals surface area contributed by atoms with Gasteiger partial charge in [-0.05, 0) is 61.4 Å². The zero-order valence-corrected chi connectivity index (χ0v) is 20.8. The van der Waals surface area contributed by atoms with Crippen LogP contribution < -0.4 is 10.2 Å². The zero-order valence-electron chi connectivity index (χ0n) is 18.4. The summed E-state index contributed by atoms with van der Waals surface area (Å²) in [5.41, 5.74) is 0.834. The number of hydrogen-bond donors (Lipinski definition) is 1. The van der Waals surface area contributed by atoms with Crippen LogP contribution in [0.1, 0.15) is 26.2 Å². The fourth-order valence-corrected chi connectivity index (χ4v) is 6.01. The summed E-state index contributed by atoms with van der Waals surface area (Å²) in [5.74, 6) is -1.34. The normalized spacial score (nSPS) is 20.9. The van der Waals surface area contributed by atoms with E-state index in [9.17, 15) is 22.8 Å². The second-order valence-corrected chi connectivity index (χ2v) is 11.0. The van der Waals surface area contributed by atoms with E-state index >= 15 is 0 Å². The lowest BCUT2D eigenvalue weighted by molar-refractivity contribution is -0.122. The second-order valence-electron chi connectivity index (χ2n) is 8.18. The molecule has 2 aliphatic heterocycles. The van der Waals surface area contributed by atoms with E-state index in [4.69, 9.17) is 4.74 Å². The fourth-order valence-electron chi connectivity index (χ4n) is 4.13. The molecule has 2 saturated heterocycles. The summed E-state index contributed by atoms with van der Waals surface area (Å²) >= 11 is 3.33. The van der Waals surface area contributed by atoms with Crippen LogP contribution in [0.15, 0.2) is 57.9 Å². The third-order valence-corrected chi connectivity index (χ3v) is 8.16. The van der Waals surface area contributed by atoms with Crippen LogP contribution >= 0.6 is 15.9 Å². The number of rotatable bonds is 7. The van der Waals surface area contributed by atoms with Crippen molar-refractivity contribution in [2.45, 2.75) is 43.2 Å². The highest BCUT2D eigenvalue weighted by molar-refractivity contribution is 9.10. The number of benzene rings is 2. The minimum atomic E-state index is -4.15. The molecular formula is C23H24BrN3O6S. The van der Waals surface area contributed by atoms with Gasteiger partial charge in [-0.3, -0.25) is 14.4 Å². The summed E-state index contributed by atoms with van der Waals surface area (Å²) in [5, 5.41) is 2.59. The first-order valence-corrected chi connectivity index (χ1v) is 13.0. The Balaban J connectivity index is 1.67. The minimum absolute atomic E-state index is 0.0341. The fraction of sp³-hybridized carbons (Fsp3) is 0.348. The largest absolute Gasteiger partial charge is 0.377 e. The number of nitrogens with zero attached hydrogens (tertiary/aromatic N) is 2. The van der Waals surface area contributed by atoms with Crippen molar-refractivity contribution < 1.29 is 27.5 Å². The standard InChI is InChI=1S/C23H24BrN3O6S/c1-15(28)25-17-6-10-20(11-7-17)34(31,32)26(14-19-3-2-12-33-19)21-13-22(29)27(23(21)30)18-8-4-16(24)5-9-18/h4-11,19,21H,2-3,12-14H2,1H3,(H,25,28). The first-order chi connectivity index (χ1) is 16.2. The summed E-state index contributed by atoms with van der Waals surface area (Å²) in [6, 6.07) is 11.2. The van der Waals surface area contributed by atoms with Gasteiger partial charge in [0, 0.05) is 30.2 Å². The highest BCUT2D eigenvalue weighted by Gasteiger charge is 2.47. The van der Waals surface area contributed by atoms with Crippen LogP contribution in [0.3, 0.4) is 0 Å². The van der Waals surface area contributed by atoms with E-state index in [-0.39, 0.29) is 29.9 Å². The number of carbonyl (C=O) groups excluding carboxylic acids is 3. The van der Waals surface area contributed by atoms with Gasteiger partial charge in [-0.15, -0.1) is 0 Å². The highest BCUT2D eigenvalue weighted by atomic mass is 79.9. The maximum absolute atomic E-state index is 13.7. The molecule has 180 valence electrons. The van der Waals surface area contributed by atoms with Crippen molar-refractivity contribution in [3.05, 3.63) is 53.0 Å². The zero-order chi connectivity index (χ0) is 24.5. The third-order valence-electron chi connectivity index (χ3n) is 5.74. The van der Waals surface area contributed by atoms with Gasteiger partial charge in [0.05, 0.1) is 23.1 Å². The molecule has 0 bridgehead atoms. The van der Waals surface area contributed by atoms with Gasteiger partial charge in [0.15, 0.2) is 0 Å². The summed E-state index contributed by atoms with van der Waals surface area (Å²) in [4.78, 5) is 38.5. The summed E-state index contributed by atoms with van der Waals surface area (Å²) < 4.78 is 34.9. The van der Waals surface area contributed by atoms with Crippen LogP contribution in [-0.2, 0) is 29.1 Å². The average molecular weight is 550 g/mol. The quantitative estimate of drug-likeness (QED) is 0.531. The van der Waals surface area contributed by atoms with Gasteiger partial charge in [0.1, 0.15) is 6.04 Å². The number of amides is 3. The average Bonchev–Trinajstić information content (AvgIpc) is 3.40. The lowest BCUT2D eigenvalue weighted by Crippen LogP contribution is -2.48. The van der Waals surface area contributed by atoms with Crippen molar-refractivity contribution in [1.29, 1.82) is 0 Å². The lowest BCUT2D eigenvalue weighted by atomic mass is 10.2. The van der Waals surface area contributed by atoms with Crippen LogP contribution in [-0.4, -0.2) is 55.7 Å². The molecule has 0 saturated carbocycles. The van der Waals surface area contributed by atoms with Crippen molar-refractivity contribution in [2.24, 2.45) is 0 Å². The van der Waals surface area contributed by atoms with E-state index < -0.39 is 27.9 Å². The molecule has 4 rings (SSSR count). The Hall–Kier alpha value is -2.60. The smallest absolute Gasteiger partial charge is 0.252 e. The molecule has 0 spiro atoms. The van der Waals surface area contributed by atoms with E-state index in [1.54, 1.807) is 24.3 Å². The number of nitrogens with one attached hydrogen (secondary N) is 1. The number of carbonyl (C=O) groups is 3. The Kier molecular flexibility index (Phi) is 7.17. The van der Waals surface area contributed by atoms with Crippen molar-refractivity contribution in [2.75, 3.05) is 23.4 Å². The topological polar surface area (TPSA) is 113 Å². The molecule has 2 unspecified atom stereocenters. The molecule has 11 heteroatoms. The summed E-state index contributed by atoms with van der Waals surface area (Å²) in [7, 11) is -4.15. The molecule has 1 N–H and O–H groups in total. The van der Waals surface area contributed by atoms with E-state index in [2.05, 4.69) is 21.2 Å². The predicted octanol–water partition coefficient (Wildman–Crippen LogP) is 2.91. The van der Waals surface area contributed by atoms with E-state index in [1.807, 2.05) is 0 Å². The van der Waals surface area contributed by atoms with Gasteiger partial charge in [-0.25, -0.2) is 13.3 Å². The molecule has 9 nitrogen and oxygen atoms in total. The maximum atomic E-state index is 13.7. The number of imide groups is 1. The lowest BCUT2D eigenvalue weighted by Gasteiger charge is -2.29. The predicted molar refractivity (Wildman–Crippen MR) is 129 cm³/mol. The minimum Gasteiger partial charge on any atom is -0.377 e. The Morgan fingerprint density at radius 2 is 1.82 bits per heavy atom. The molecule has 2 aromatic rings. The van der Waals surface area contributed by atoms with Crippen molar-refractivity contribution in [3.8, 4) is 0 Å². The molecular weight excluding hydrogens is 526 g/mol. The van der Waals surface area contributed by atoms with Gasteiger partial charge in [-0.1, -0.05) is 15.9 Å². The molecule has 2 heterocycles. The molecule has 3 amide bonds. The van der Waals surface area contributed by atoms with E-state index in [0.717, 1.165) is 20.1 Å². The van der Waals surface area contributed by atoms with E-state index in [0.29, 0.717) is 24.4 Å². The van der Waals surface area contributed by atoms with Crippen LogP contribution in [0.5, 0.6) is 0 Å². The van der Waals surface area contributed by atoms with Crippen LogP contribution in [0.4, 0.5) is 11.4 Å². The summed E-state index contributed by atoms with van der Waals surface area (Å²) in [6.07, 6.45) is 0.842. The number of sulfonamides is 1. The third kappa shape index (κ3) is 5.07. The van der Waals surface area contributed by atoms with Crippen LogP contribution in [0.25, 0.3) is 0 Å². The number of ether oxygens (including phenoxy) is 1. The molecule has 0 aromatic heterocycles. The first-order valence-electron chi connectivity index (χ1n) is 10.8. The number of halogens is 1. The number of anilines is 2. The molecule has 34 heavy (non-hydrogen) atoms. The Morgan fingerprint density at radius 1 is 1.15 bits per heavy atom. The van der Waals surface area contributed by atoms with Crippen molar-refractivity contribution in [1.82, 2.24) is 4.31 Å². The van der Waals surface area contributed by atoms with E-state index in [1.165, 1.54) is 31.2 Å². The maximum Gasteiger partial charge on any atom is 0.252 e. The van der Waals surface area contributed by atoms with Crippen LogP contribution in [0, 0.1) is 0 Å². The molecule has 2 atom stereocenters. The Bertz CT molecular complexity index is 1190. The van der Waals surface area contributed by atoms with Crippen molar-refractivity contribution >= 4 is 55.0 Å². The first kappa shape index (κ1) is 24.5. The van der Waals surface area contributed by atoms with Gasteiger partial charge in [-0.2, -0.15) is 4.31 Å². The van der Waals surface area contributed by atoms with Gasteiger partial charge >= 0.3 is 0 Å². The number of hydrogen-bond acceptors (Lipinski definition) is 6. The highest BCUT2D eigenvalue weighted by Crippen LogP contribution is 2.31. The molecule has 2 aliphatic rings. The Labute approximate surface area is 206 Å². The second kappa shape index (κ2) is 9.95. The van der Waals surface area contributed by atoms with Gasteiger partial charge in [0.25, 0.3) is 5.91 Å². The SMILES string of the molecule is CC(=O)Nc1ccc(S(=O)(=O)N(CC2CCCO2)C2CC(=O)N(c3ccc(Br)cc3)C2=O)cc1. The van der Waals surface area contributed by atoms with Gasteiger partial charge < -0.3 is 10.1 Å². The van der Waals surface area contributed by atoms with Gasteiger partial charge in [0.2, 0.25) is 21.8 Å². The molecule has 0 radical (unpaired) electrons. The monoisotopic (exact) mass is 549 g/mol. The molecule has 2 aromatic carbocycles. The molecule has 2 fully saturated rings. The molecule has 0 aliphatic carbocycles. The van der Waals surface area contributed by atoms with Crippen molar-refractivity contribution in [3.63, 3.8) is 0 Å². The van der Waals surface area contributed by atoms with Crippen LogP contribution in [0.2, 0.25) is 0 Å². The Morgan fingerprint density at radius 3 is 2.41 bits per heavy atom. The summed E-state index contributed by atoms with van der Waals surface area (Å²) in [6.45, 7) is 1.84.